The summed E-state index contributed by atoms with van der Waals surface area (Å²) in [6.45, 7) is 10.5. The predicted octanol–water partition coefficient (Wildman–Crippen LogP) is 1.82. The van der Waals surface area contributed by atoms with E-state index in [1.54, 1.807) is 5.56 Å². The maximum Gasteiger partial charge on any atom is 0.0659 e. The molecule has 2 aliphatic rings. The fourth-order valence-electron chi connectivity index (χ4n) is 3.59. The second-order valence-electron chi connectivity index (χ2n) is 6.61. The summed E-state index contributed by atoms with van der Waals surface area (Å²) in [5.41, 5.74) is 4.40. The quantitative estimate of drug-likeness (QED) is 0.842. The van der Waals surface area contributed by atoms with Crippen molar-refractivity contribution in [3.8, 4) is 0 Å². The number of nitrogens with zero attached hydrogens (tertiary/aromatic N) is 4. The topological polar surface area (TPSA) is 24.3 Å². The van der Waals surface area contributed by atoms with E-state index < -0.39 is 0 Å². The molecule has 1 aliphatic heterocycles. The Morgan fingerprint density at radius 2 is 1.75 bits per heavy atom. The maximum absolute atomic E-state index is 4.74. The number of rotatable bonds is 3. The first-order chi connectivity index (χ1) is 9.65. The van der Waals surface area contributed by atoms with Gasteiger partial charge in [-0.3, -0.25) is 14.5 Å². The first kappa shape index (κ1) is 14.1. The van der Waals surface area contributed by atoms with Crippen molar-refractivity contribution in [3.05, 3.63) is 17.0 Å². The van der Waals surface area contributed by atoms with E-state index in [0.29, 0.717) is 6.04 Å². The van der Waals surface area contributed by atoms with Gasteiger partial charge in [-0.25, -0.2) is 0 Å². The molecule has 112 valence electrons. The molecule has 1 saturated heterocycles. The molecule has 0 spiro atoms. The van der Waals surface area contributed by atoms with E-state index >= 15 is 0 Å². The third-order valence-corrected chi connectivity index (χ3v) is 4.96. The van der Waals surface area contributed by atoms with E-state index in [9.17, 15) is 0 Å². The monoisotopic (exact) mass is 276 g/mol. The zero-order chi connectivity index (χ0) is 14.1. The highest BCUT2D eigenvalue weighted by Gasteiger charge is 2.23. The van der Waals surface area contributed by atoms with Gasteiger partial charge in [0, 0.05) is 45.8 Å². The Labute approximate surface area is 122 Å². The molecule has 2 heterocycles. The first-order valence-electron chi connectivity index (χ1n) is 8.15. The SMILES string of the molecule is CC(C)N1CCN(Cc2c3c(nn2C)CCCC3)CC1. The molecule has 20 heavy (non-hydrogen) atoms. The predicted molar refractivity (Wildman–Crippen MR) is 81.8 cm³/mol. The van der Waals surface area contributed by atoms with Crippen LogP contribution in [0.2, 0.25) is 0 Å². The summed E-state index contributed by atoms with van der Waals surface area (Å²) in [6, 6.07) is 0.682. The van der Waals surface area contributed by atoms with E-state index in [0.717, 1.165) is 6.54 Å². The van der Waals surface area contributed by atoms with Crippen LogP contribution in [0.3, 0.4) is 0 Å². The molecule has 0 amide bonds. The largest absolute Gasteiger partial charge is 0.298 e. The van der Waals surface area contributed by atoms with Crippen LogP contribution in [0, 0.1) is 0 Å². The Kier molecular flexibility index (Phi) is 4.13. The molecule has 0 saturated carbocycles. The van der Waals surface area contributed by atoms with Crippen LogP contribution in [0.1, 0.15) is 43.6 Å². The molecule has 0 radical (unpaired) electrons. The van der Waals surface area contributed by atoms with Crippen LogP contribution in [-0.4, -0.2) is 51.8 Å². The summed E-state index contributed by atoms with van der Waals surface area (Å²) in [5.74, 6) is 0. The molecule has 0 unspecified atom stereocenters. The molecule has 0 aromatic carbocycles. The zero-order valence-corrected chi connectivity index (χ0v) is 13.2. The lowest BCUT2D eigenvalue weighted by molar-refractivity contribution is 0.102. The molecule has 1 aromatic rings. The molecule has 3 rings (SSSR count). The lowest BCUT2D eigenvalue weighted by Gasteiger charge is -2.37. The van der Waals surface area contributed by atoms with Crippen LogP contribution in [0.4, 0.5) is 0 Å². The second-order valence-corrected chi connectivity index (χ2v) is 6.61. The Morgan fingerprint density at radius 3 is 2.45 bits per heavy atom. The first-order valence-corrected chi connectivity index (χ1v) is 8.15. The normalized spacial score (nSPS) is 21.4. The molecule has 1 aliphatic carbocycles. The third kappa shape index (κ3) is 2.77. The Morgan fingerprint density at radius 1 is 1.05 bits per heavy atom. The van der Waals surface area contributed by atoms with Crippen LogP contribution in [0.15, 0.2) is 0 Å². The highest BCUT2D eigenvalue weighted by Crippen LogP contribution is 2.24. The van der Waals surface area contributed by atoms with Gasteiger partial charge in [0.25, 0.3) is 0 Å². The van der Waals surface area contributed by atoms with Crippen molar-refractivity contribution in [1.29, 1.82) is 0 Å². The lowest BCUT2D eigenvalue weighted by Crippen LogP contribution is -2.48. The fourth-order valence-corrected chi connectivity index (χ4v) is 3.59. The van der Waals surface area contributed by atoms with Crippen LogP contribution in [0.25, 0.3) is 0 Å². The van der Waals surface area contributed by atoms with Crippen molar-refractivity contribution >= 4 is 0 Å². The van der Waals surface area contributed by atoms with E-state index in [-0.39, 0.29) is 0 Å². The van der Waals surface area contributed by atoms with Crippen LogP contribution in [0.5, 0.6) is 0 Å². The van der Waals surface area contributed by atoms with Gasteiger partial charge in [0.1, 0.15) is 0 Å². The minimum atomic E-state index is 0.682. The summed E-state index contributed by atoms with van der Waals surface area (Å²) >= 11 is 0. The third-order valence-electron chi connectivity index (χ3n) is 4.96. The van der Waals surface area contributed by atoms with Gasteiger partial charge >= 0.3 is 0 Å². The zero-order valence-electron chi connectivity index (χ0n) is 13.2. The van der Waals surface area contributed by atoms with Crippen LogP contribution >= 0.6 is 0 Å². The average molecular weight is 276 g/mol. The molecule has 4 heteroatoms. The Hall–Kier alpha value is -0.870. The van der Waals surface area contributed by atoms with Crippen molar-refractivity contribution in [2.75, 3.05) is 26.2 Å². The van der Waals surface area contributed by atoms with E-state index in [1.807, 2.05) is 0 Å². The lowest BCUT2D eigenvalue weighted by atomic mass is 9.95. The van der Waals surface area contributed by atoms with E-state index in [2.05, 4.69) is 35.4 Å². The minimum Gasteiger partial charge on any atom is -0.298 e. The Balaban J connectivity index is 1.66. The molecular weight excluding hydrogens is 248 g/mol. The number of hydrogen-bond acceptors (Lipinski definition) is 3. The molecule has 0 bridgehead atoms. The highest BCUT2D eigenvalue weighted by atomic mass is 15.3. The molecule has 0 N–H and O–H groups in total. The van der Waals surface area contributed by atoms with Crippen molar-refractivity contribution in [1.82, 2.24) is 19.6 Å². The van der Waals surface area contributed by atoms with Gasteiger partial charge in [0.05, 0.1) is 11.4 Å². The summed E-state index contributed by atoms with van der Waals surface area (Å²) in [4.78, 5) is 5.18. The number of aryl methyl sites for hydroxylation is 2. The summed E-state index contributed by atoms with van der Waals surface area (Å²) < 4.78 is 2.14. The number of hydrogen-bond donors (Lipinski definition) is 0. The Bertz CT molecular complexity index is 455. The van der Waals surface area contributed by atoms with Gasteiger partial charge in [0.15, 0.2) is 0 Å². The summed E-state index contributed by atoms with van der Waals surface area (Å²) in [6.07, 6.45) is 5.08. The molecule has 0 atom stereocenters. The van der Waals surface area contributed by atoms with Crippen LogP contribution in [-0.2, 0) is 26.4 Å². The van der Waals surface area contributed by atoms with E-state index in [4.69, 9.17) is 5.10 Å². The summed E-state index contributed by atoms with van der Waals surface area (Å²) in [5, 5.41) is 4.74. The molecular formula is C16H28N4. The molecule has 1 aromatic heterocycles. The standard InChI is InChI=1S/C16H28N4/c1-13(2)20-10-8-19(9-11-20)12-16-14-6-4-5-7-15(14)17-18(16)3/h13H,4-12H2,1-3H3. The van der Waals surface area contributed by atoms with Gasteiger partial charge in [0.2, 0.25) is 0 Å². The van der Waals surface area contributed by atoms with Gasteiger partial charge in [-0.05, 0) is 45.1 Å². The van der Waals surface area contributed by atoms with Crippen LogP contribution < -0.4 is 0 Å². The smallest absolute Gasteiger partial charge is 0.0659 e. The van der Waals surface area contributed by atoms with Gasteiger partial charge < -0.3 is 0 Å². The number of fused-ring (bicyclic) bond motifs is 1. The average Bonchev–Trinajstić information content (AvgIpc) is 2.76. The minimum absolute atomic E-state index is 0.682. The molecule has 4 nitrogen and oxygen atoms in total. The summed E-state index contributed by atoms with van der Waals surface area (Å²) in [7, 11) is 2.12. The van der Waals surface area contributed by atoms with Crippen molar-refractivity contribution in [2.24, 2.45) is 7.05 Å². The highest BCUT2D eigenvalue weighted by molar-refractivity contribution is 5.28. The van der Waals surface area contributed by atoms with Crippen molar-refractivity contribution in [3.63, 3.8) is 0 Å². The number of piperazine rings is 1. The fraction of sp³-hybridized carbons (Fsp3) is 0.812. The maximum atomic E-state index is 4.74. The van der Waals surface area contributed by atoms with Crippen molar-refractivity contribution in [2.45, 2.75) is 52.1 Å². The number of aromatic nitrogens is 2. The second kappa shape index (κ2) is 5.86. The van der Waals surface area contributed by atoms with E-state index in [1.165, 1.54) is 63.3 Å². The molecule has 1 fully saturated rings. The van der Waals surface area contributed by atoms with Gasteiger partial charge in [-0.1, -0.05) is 0 Å². The van der Waals surface area contributed by atoms with Gasteiger partial charge in [-0.2, -0.15) is 5.10 Å². The van der Waals surface area contributed by atoms with Crippen molar-refractivity contribution < 1.29 is 0 Å². The van der Waals surface area contributed by atoms with Gasteiger partial charge in [-0.15, -0.1) is 0 Å².